The smallest absolute Gasteiger partial charge is 0.323 e. The van der Waals surface area contributed by atoms with Crippen LogP contribution in [0.2, 0.25) is 0 Å². The monoisotopic (exact) mass is 282 g/mol. The maximum absolute atomic E-state index is 12.2. The molecule has 20 heavy (non-hydrogen) atoms. The van der Waals surface area contributed by atoms with Gasteiger partial charge in [-0.05, 0) is 18.8 Å². The van der Waals surface area contributed by atoms with Crippen LogP contribution in [0.25, 0.3) is 0 Å². The van der Waals surface area contributed by atoms with E-state index in [9.17, 15) is 14.4 Å². The van der Waals surface area contributed by atoms with Gasteiger partial charge < -0.3 is 25.3 Å². The standard InChI is InChI=1S/C12H18N4O4/c17-10(18)6-13-4-8-2-1-3-16(7-8)11(19)9-5-14-12(20)15-9/h5,8,13H,1-4,6-7H2,(H,17,18)(H2,14,15,20). The number of H-pyrrole nitrogens is 2. The van der Waals surface area contributed by atoms with E-state index in [1.54, 1.807) is 4.90 Å². The topological polar surface area (TPSA) is 118 Å². The second-order valence-corrected chi connectivity index (χ2v) is 4.94. The molecule has 1 amide bonds. The molecule has 1 aliphatic rings. The van der Waals surface area contributed by atoms with Crippen LogP contribution >= 0.6 is 0 Å². The second kappa shape index (κ2) is 6.38. The Kier molecular flexibility index (Phi) is 4.57. The average Bonchev–Trinajstić information content (AvgIpc) is 2.84. The van der Waals surface area contributed by atoms with Crippen molar-refractivity contribution in [2.75, 3.05) is 26.2 Å². The van der Waals surface area contributed by atoms with Crippen molar-refractivity contribution in [3.05, 3.63) is 22.4 Å². The zero-order valence-electron chi connectivity index (χ0n) is 11.0. The Morgan fingerprint density at radius 3 is 2.95 bits per heavy atom. The second-order valence-electron chi connectivity index (χ2n) is 4.94. The van der Waals surface area contributed by atoms with Gasteiger partial charge in [-0.25, -0.2) is 4.79 Å². The lowest BCUT2D eigenvalue weighted by Crippen LogP contribution is -2.43. The molecule has 0 aliphatic carbocycles. The number of aliphatic carboxylic acids is 1. The first kappa shape index (κ1) is 14.3. The van der Waals surface area contributed by atoms with Crippen molar-refractivity contribution < 1.29 is 14.7 Å². The van der Waals surface area contributed by atoms with Crippen LogP contribution in [0.4, 0.5) is 0 Å². The van der Waals surface area contributed by atoms with Gasteiger partial charge >= 0.3 is 11.7 Å². The van der Waals surface area contributed by atoms with Crippen molar-refractivity contribution in [1.29, 1.82) is 0 Å². The Balaban J connectivity index is 1.88. The van der Waals surface area contributed by atoms with Gasteiger partial charge in [0.2, 0.25) is 0 Å². The Hall–Kier alpha value is -2.09. The van der Waals surface area contributed by atoms with Crippen LogP contribution in [-0.2, 0) is 4.79 Å². The summed E-state index contributed by atoms with van der Waals surface area (Å²) < 4.78 is 0. The number of nitrogens with one attached hydrogen (secondary N) is 3. The fourth-order valence-electron chi connectivity index (χ4n) is 2.42. The average molecular weight is 282 g/mol. The first-order chi connectivity index (χ1) is 9.56. The quantitative estimate of drug-likeness (QED) is 0.565. The normalized spacial score (nSPS) is 19.0. The highest BCUT2D eigenvalue weighted by atomic mass is 16.4. The Morgan fingerprint density at radius 2 is 2.30 bits per heavy atom. The van der Waals surface area contributed by atoms with E-state index in [0.717, 1.165) is 12.8 Å². The van der Waals surface area contributed by atoms with E-state index < -0.39 is 11.7 Å². The molecule has 0 spiro atoms. The molecule has 1 aromatic heterocycles. The minimum absolute atomic E-state index is 0.0738. The molecule has 0 saturated carbocycles. The molecule has 2 heterocycles. The molecule has 0 bridgehead atoms. The summed E-state index contributed by atoms with van der Waals surface area (Å²) in [6.45, 7) is 1.72. The summed E-state index contributed by atoms with van der Waals surface area (Å²) in [5.74, 6) is -0.859. The van der Waals surface area contributed by atoms with E-state index >= 15 is 0 Å². The van der Waals surface area contributed by atoms with Crippen LogP contribution in [0.3, 0.4) is 0 Å². The van der Waals surface area contributed by atoms with Gasteiger partial charge in [0.25, 0.3) is 5.91 Å². The molecular formula is C12H18N4O4. The van der Waals surface area contributed by atoms with Gasteiger partial charge in [-0.15, -0.1) is 0 Å². The molecule has 8 heteroatoms. The van der Waals surface area contributed by atoms with E-state index in [-0.39, 0.29) is 24.1 Å². The number of nitrogens with zero attached hydrogens (tertiary/aromatic N) is 1. The number of hydrogen-bond donors (Lipinski definition) is 4. The Bertz CT molecular complexity index is 536. The number of aromatic nitrogens is 2. The largest absolute Gasteiger partial charge is 0.480 e. The summed E-state index contributed by atoms with van der Waals surface area (Å²) in [4.78, 5) is 40.1. The van der Waals surface area contributed by atoms with Crippen molar-refractivity contribution in [2.45, 2.75) is 12.8 Å². The molecule has 1 aliphatic heterocycles. The van der Waals surface area contributed by atoms with Gasteiger partial charge in [-0.1, -0.05) is 0 Å². The van der Waals surface area contributed by atoms with Gasteiger partial charge in [0.1, 0.15) is 5.69 Å². The highest BCUT2D eigenvalue weighted by Gasteiger charge is 2.25. The molecule has 4 N–H and O–H groups in total. The number of carbonyl (C=O) groups is 2. The number of hydrogen-bond acceptors (Lipinski definition) is 4. The number of likely N-dealkylation sites (tertiary alicyclic amines) is 1. The summed E-state index contributed by atoms with van der Waals surface area (Å²) >= 11 is 0. The van der Waals surface area contributed by atoms with Crippen molar-refractivity contribution in [2.24, 2.45) is 5.92 Å². The number of carbonyl (C=O) groups excluding carboxylic acids is 1. The summed E-state index contributed by atoms with van der Waals surface area (Å²) in [6, 6.07) is 0. The lowest BCUT2D eigenvalue weighted by molar-refractivity contribution is -0.136. The first-order valence-electron chi connectivity index (χ1n) is 6.55. The third kappa shape index (κ3) is 3.70. The third-order valence-corrected chi connectivity index (χ3v) is 3.34. The van der Waals surface area contributed by atoms with E-state index in [2.05, 4.69) is 15.3 Å². The number of rotatable bonds is 5. The van der Waals surface area contributed by atoms with Crippen LogP contribution < -0.4 is 11.0 Å². The van der Waals surface area contributed by atoms with Gasteiger partial charge in [-0.3, -0.25) is 9.59 Å². The molecule has 8 nitrogen and oxygen atoms in total. The van der Waals surface area contributed by atoms with Gasteiger partial charge in [0, 0.05) is 25.8 Å². The highest BCUT2D eigenvalue weighted by molar-refractivity contribution is 5.92. The molecule has 0 radical (unpaired) electrons. The van der Waals surface area contributed by atoms with Crippen molar-refractivity contribution >= 4 is 11.9 Å². The number of carboxylic acids is 1. The van der Waals surface area contributed by atoms with Gasteiger partial charge in [0.15, 0.2) is 0 Å². The lowest BCUT2D eigenvalue weighted by Gasteiger charge is -2.32. The van der Waals surface area contributed by atoms with Gasteiger partial charge in [-0.2, -0.15) is 0 Å². The molecule has 1 fully saturated rings. The third-order valence-electron chi connectivity index (χ3n) is 3.34. The van der Waals surface area contributed by atoms with E-state index in [1.165, 1.54) is 6.20 Å². The Morgan fingerprint density at radius 1 is 1.50 bits per heavy atom. The van der Waals surface area contributed by atoms with Crippen LogP contribution in [0.1, 0.15) is 23.3 Å². The summed E-state index contributed by atoms with van der Waals surface area (Å²) in [7, 11) is 0. The maximum Gasteiger partial charge on any atom is 0.323 e. The van der Waals surface area contributed by atoms with Crippen LogP contribution in [0, 0.1) is 5.92 Å². The SMILES string of the molecule is O=C(O)CNCC1CCCN(C(=O)c2c[nH]c(=O)[nH]2)C1. The molecular weight excluding hydrogens is 264 g/mol. The number of amides is 1. The summed E-state index contributed by atoms with van der Waals surface area (Å²) in [6.07, 6.45) is 3.21. The molecule has 1 unspecified atom stereocenters. The van der Waals surface area contributed by atoms with E-state index in [0.29, 0.717) is 19.6 Å². The van der Waals surface area contributed by atoms with Gasteiger partial charge in [0.05, 0.1) is 6.54 Å². The zero-order chi connectivity index (χ0) is 14.5. The van der Waals surface area contributed by atoms with Crippen LogP contribution in [-0.4, -0.2) is 58.0 Å². The summed E-state index contributed by atoms with van der Waals surface area (Å²) in [5.41, 5.74) is -0.140. The fourth-order valence-corrected chi connectivity index (χ4v) is 2.42. The fraction of sp³-hybridized carbons (Fsp3) is 0.583. The molecule has 1 atom stereocenters. The molecule has 0 aromatic carbocycles. The lowest BCUT2D eigenvalue weighted by atomic mass is 9.97. The van der Waals surface area contributed by atoms with Crippen LogP contribution in [0.5, 0.6) is 0 Å². The molecule has 1 saturated heterocycles. The molecule has 2 rings (SSSR count). The number of piperidine rings is 1. The number of carboxylic acid groups (broad SMARTS) is 1. The van der Waals surface area contributed by atoms with Crippen molar-refractivity contribution in [3.8, 4) is 0 Å². The van der Waals surface area contributed by atoms with Crippen molar-refractivity contribution in [1.82, 2.24) is 20.2 Å². The zero-order valence-corrected chi connectivity index (χ0v) is 11.0. The molecule has 110 valence electrons. The van der Waals surface area contributed by atoms with E-state index in [1.807, 2.05) is 0 Å². The summed E-state index contributed by atoms with van der Waals surface area (Å²) in [5, 5.41) is 11.4. The minimum Gasteiger partial charge on any atom is -0.480 e. The van der Waals surface area contributed by atoms with E-state index in [4.69, 9.17) is 5.11 Å². The number of imidazole rings is 1. The van der Waals surface area contributed by atoms with Crippen molar-refractivity contribution in [3.63, 3.8) is 0 Å². The minimum atomic E-state index is -0.890. The predicted molar refractivity (Wildman–Crippen MR) is 70.5 cm³/mol. The first-order valence-corrected chi connectivity index (χ1v) is 6.55. The highest BCUT2D eigenvalue weighted by Crippen LogP contribution is 2.17. The van der Waals surface area contributed by atoms with Crippen LogP contribution in [0.15, 0.2) is 11.0 Å². The number of aromatic amines is 2. The maximum atomic E-state index is 12.2. The Labute approximate surface area is 115 Å². The predicted octanol–water partition coefficient (Wildman–Crippen LogP) is -0.771. The molecule has 1 aromatic rings.